The number of terminal acetylenes is 1. The lowest BCUT2D eigenvalue weighted by molar-refractivity contribution is -0.133. The largest absolute Gasteiger partial charge is 0.334 e. The van der Waals surface area contributed by atoms with E-state index in [1.807, 2.05) is 6.92 Å². The highest BCUT2D eigenvalue weighted by molar-refractivity contribution is 5.78. The molecule has 1 atom stereocenters. The van der Waals surface area contributed by atoms with E-state index in [9.17, 15) is 4.79 Å². The van der Waals surface area contributed by atoms with Crippen molar-refractivity contribution in [1.82, 2.24) is 4.90 Å². The average molecular weight is 182 g/mol. The molecule has 0 spiro atoms. The lowest BCUT2D eigenvalue weighted by atomic mass is 10.0. The van der Waals surface area contributed by atoms with Gasteiger partial charge in [0.25, 0.3) is 0 Å². The van der Waals surface area contributed by atoms with Gasteiger partial charge in [-0.1, -0.05) is 12.8 Å². The molecule has 0 aliphatic heterocycles. The Balaban J connectivity index is 3.88. The fourth-order valence-corrected chi connectivity index (χ4v) is 1.14. The van der Waals surface area contributed by atoms with E-state index in [-0.39, 0.29) is 11.8 Å². The summed E-state index contributed by atoms with van der Waals surface area (Å²) in [6.07, 6.45) is 6.83. The van der Waals surface area contributed by atoms with Crippen molar-refractivity contribution in [2.24, 2.45) is 11.7 Å². The molecule has 13 heavy (non-hydrogen) atoms. The molecule has 0 aromatic rings. The minimum atomic E-state index is 0.0295. The maximum Gasteiger partial charge on any atom is 0.225 e. The Morgan fingerprint density at radius 3 is 2.77 bits per heavy atom. The van der Waals surface area contributed by atoms with Crippen molar-refractivity contribution >= 4 is 5.91 Å². The third-order valence-electron chi connectivity index (χ3n) is 1.97. The molecular weight excluding hydrogens is 164 g/mol. The van der Waals surface area contributed by atoms with Crippen LogP contribution < -0.4 is 5.73 Å². The fraction of sp³-hybridized carbons (Fsp3) is 0.700. The van der Waals surface area contributed by atoms with Crippen molar-refractivity contribution in [1.29, 1.82) is 0 Å². The Kier molecular flexibility index (Phi) is 5.99. The van der Waals surface area contributed by atoms with Crippen LogP contribution in [0.15, 0.2) is 0 Å². The molecule has 0 saturated heterocycles. The molecule has 0 rings (SSSR count). The molecule has 0 aliphatic carbocycles. The fourth-order valence-electron chi connectivity index (χ4n) is 1.14. The van der Waals surface area contributed by atoms with Crippen LogP contribution in [0.1, 0.15) is 19.8 Å². The van der Waals surface area contributed by atoms with Gasteiger partial charge >= 0.3 is 0 Å². The summed E-state index contributed by atoms with van der Waals surface area (Å²) in [7, 11) is 1.72. The number of carbonyl (C=O) groups excluding carboxylic acids is 1. The molecule has 2 N–H and O–H groups in total. The van der Waals surface area contributed by atoms with E-state index < -0.39 is 0 Å². The number of carbonyl (C=O) groups is 1. The second-order valence-electron chi connectivity index (χ2n) is 3.23. The predicted molar refractivity (Wildman–Crippen MR) is 53.9 cm³/mol. The van der Waals surface area contributed by atoms with E-state index in [0.29, 0.717) is 13.1 Å². The van der Waals surface area contributed by atoms with Crippen molar-refractivity contribution in [3.63, 3.8) is 0 Å². The summed E-state index contributed by atoms with van der Waals surface area (Å²) in [5, 5.41) is 0. The molecule has 0 aliphatic rings. The Morgan fingerprint density at radius 2 is 2.31 bits per heavy atom. The molecule has 0 bridgehead atoms. The van der Waals surface area contributed by atoms with Gasteiger partial charge in [-0.25, -0.2) is 0 Å². The lowest BCUT2D eigenvalue weighted by Crippen LogP contribution is -2.32. The van der Waals surface area contributed by atoms with Gasteiger partial charge in [0.2, 0.25) is 5.91 Å². The van der Waals surface area contributed by atoms with Gasteiger partial charge < -0.3 is 10.6 Å². The van der Waals surface area contributed by atoms with Gasteiger partial charge in [0, 0.05) is 13.0 Å². The van der Waals surface area contributed by atoms with Crippen LogP contribution in [0.4, 0.5) is 0 Å². The van der Waals surface area contributed by atoms with Crippen molar-refractivity contribution < 1.29 is 4.79 Å². The molecule has 0 radical (unpaired) electrons. The predicted octanol–water partition coefficient (Wildman–Crippen LogP) is 0.453. The first-order valence-electron chi connectivity index (χ1n) is 4.52. The third-order valence-corrected chi connectivity index (χ3v) is 1.97. The first kappa shape index (κ1) is 12.0. The number of hydrogen-bond acceptors (Lipinski definition) is 2. The monoisotopic (exact) mass is 182 g/mol. The molecular formula is C10H18N2O. The van der Waals surface area contributed by atoms with E-state index >= 15 is 0 Å². The standard InChI is InChI=1S/C10H18N2O/c1-4-8-12(3)10(13)9(2)6-5-7-11/h1,9H,5-8,11H2,2-3H3. The number of hydrogen-bond donors (Lipinski definition) is 1. The van der Waals surface area contributed by atoms with Gasteiger partial charge in [0.15, 0.2) is 0 Å². The zero-order valence-corrected chi connectivity index (χ0v) is 8.42. The van der Waals surface area contributed by atoms with E-state index in [0.717, 1.165) is 12.8 Å². The summed E-state index contributed by atoms with van der Waals surface area (Å²) in [4.78, 5) is 13.1. The third kappa shape index (κ3) is 4.54. The first-order chi connectivity index (χ1) is 6.13. The minimum absolute atomic E-state index is 0.0295. The molecule has 3 heteroatoms. The number of nitrogens with zero attached hydrogens (tertiary/aromatic N) is 1. The van der Waals surface area contributed by atoms with Crippen molar-refractivity contribution in [2.75, 3.05) is 20.1 Å². The minimum Gasteiger partial charge on any atom is -0.334 e. The van der Waals surface area contributed by atoms with Crippen LogP contribution in [0.2, 0.25) is 0 Å². The molecule has 1 amide bonds. The maximum absolute atomic E-state index is 11.5. The van der Waals surface area contributed by atoms with Crippen LogP contribution in [0.3, 0.4) is 0 Å². The second-order valence-corrected chi connectivity index (χ2v) is 3.23. The van der Waals surface area contributed by atoms with Crippen LogP contribution in [-0.4, -0.2) is 30.9 Å². The van der Waals surface area contributed by atoms with E-state index in [2.05, 4.69) is 5.92 Å². The lowest BCUT2D eigenvalue weighted by Gasteiger charge is -2.18. The molecule has 1 unspecified atom stereocenters. The summed E-state index contributed by atoms with van der Waals surface area (Å²) in [5.41, 5.74) is 5.35. The quantitative estimate of drug-likeness (QED) is 0.628. The summed E-state index contributed by atoms with van der Waals surface area (Å²) < 4.78 is 0. The van der Waals surface area contributed by atoms with Gasteiger partial charge in [-0.3, -0.25) is 4.79 Å². The van der Waals surface area contributed by atoms with E-state index in [4.69, 9.17) is 12.2 Å². The van der Waals surface area contributed by atoms with Gasteiger partial charge in [0.1, 0.15) is 0 Å². The Labute approximate surface area is 80.3 Å². The summed E-state index contributed by atoms with van der Waals surface area (Å²) in [6, 6.07) is 0. The number of nitrogens with two attached hydrogens (primary N) is 1. The van der Waals surface area contributed by atoms with Gasteiger partial charge in [-0.2, -0.15) is 0 Å². The van der Waals surface area contributed by atoms with Crippen molar-refractivity contribution in [3.05, 3.63) is 0 Å². The van der Waals surface area contributed by atoms with Crippen LogP contribution in [-0.2, 0) is 4.79 Å². The van der Waals surface area contributed by atoms with Crippen LogP contribution in [0.25, 0.3) is 0 Å². The summed E-state index contributed by atoms with van der Waals surface area (Å²) in [5.74, 6) is 2.57. The average Bonchev–Trinajstić information content (AvgIpc) is 2.13. The highest BCUT2D eigenvalue weighted by Gasteiger charge is 2.15. The second kappa shape index (κ2) is 6.50. The van der Waals surface area contributed by atoms with Crippen LogP contribution in [0.5, 0.6) is 0 Å². The highest BCUT2D eigenvalue weighted by Crippen LogP contribution is 2.07. The molecule has 0 heterocycles. The van der Waals surface area contributed by atoms with Crippen LogP contribution >= 0.6 is 0 Å². The first-order valence-corrected chi connectivity index (χ1v) is 4.52. The van der Waals surface area contributed by atoms with E-state index in [1.54, 1.807) is 11.9 Å². The molecule has 0 aromatic carbocycles. The number of rotatable bonds is 5. The molecule has 0 saturated carbocycles. The molecule has 74 valence electrons. The smallest absolute Gasteiger partial charge is 0.225 e. The highest BCUT2D eigenvalue weighted by atomic mass is 16.2. The van der Waals surface area contributed by atoms with E-state index in [1.165, 1.54) is 0 Å². The van der Waals surface area contributed by atoms with Gasteiger partial charge in [-0.05, 0) is 19.4 Å². The zero-order valence-electron chi connectivity index (χ0n) is 8.42. The van der Waals surface area contributed by atoms with Crippen molar-refractivity contribution in [2.45, 2.75) is 19.8 Å². The summed E-state index contributed by atoms with van der Waals surface area (Å²) in [6.45, 7) is 2.92. The molecule has 3 nitrogen and oxygen atoms in total. The molecule has 0 aromatic heterocycles. The topological polar surface area (TPSA) is 46.3 Å². The van der Waals surface area contributed by atoms with Gasteiger partial charge in [0.05, 0.1) is 6.54 Å². The summed E-state index contributed by atoms with van der Waals surface area (Å²) >= 11 is 0. The van der Waals surface area contributed by atoms with Gasteiger partial charge in [-0.15, -0.1) is 6.42 Å². The normalized spacial score (nSPS) is 11.8. The maximum atomic E-state index is 11.5. The van der Waals surface area contributed by atoms with Crippen molar-refractivity contribution in [3.8, 4) is 12.3 Å². The SMILES string of the molecule is C#CCN(C)C(=O)C(C)CCCN. The molecule has 0 fully saturated rings. The Hall–Kier alpha value is -1.01. The number of amides is 1. The Morgan fingerprint density at radius 1 is 1.69 bits per heavy atom. The van der Waals surface area contributed by atoms with Crippen LogP contribution in [0, 0.1) is 18.3 Å². The Bertz CT molecular complexity index is 196. The zero-order chi connectivity index (χ0) is 10.3.